The quantitative estimate of drug-likeness (QED) is 0.475. The topological polar surface area (TPSA) is 87.7 Å². The number of likely N-dealkylation sites (tertiary alicyclic amines) is 1. The van der Waals surface area contributed by atoms with Crippen molar-refractivity contribution in [3.8, 4) is 0 Å². The predicted molar refractivity (Wildman–Crippen MR) is 72.9 cm³/mol. The van der Waals surface area contributed by atoms with Gasteiger partial charge in [0.15, 0.2) is 0 Å². The smallest absolute Gasteiger partial charge is 0.329 e. The fraction of sp³-hybridized carbons (Fsp3) is 0.769. The summed E-state index contributed by atoms with van der Waals surface area (Å²) in [6.07, 6.45) is 2.55. The molecule has 0 aliphatic carbocycles. The number of hydrogen-bond acceptors (Lipinski definition) is 5. The highest BCUT2D eigenvalue weighted by atomic mass is 16.5. The van der Waals surface area contributed by atoms with Crippen LogP contribution in [0.5, 0.6) is 0 Å². The molecule has 1 atom stereocenters. The Hall–Kier alpha value is -1.63. The average Bonchev–Trinajstić information content (AvgIpc) is 2.94. The van der Waals surface area contributed by atoms with Gasteiger partial charge in [0.1, 0.15) is 6.04 Å². The van der Waals surface area contributed by atoms with E-state index in [4.69, 9.17) is 0 Å². The molecule has 20 heavy (non-hydrogen) atoms. The van der Waals surface area contributed by atoms with Gasteiger partial charge >= 0.3 is 5.97 Å². The van der Waals surface area contributed by atoms with Gasteiger partial charge in [-0.25, -0.2) is 4.79 Å². The molecule has 114 valence electrons. The number of ether oxygens (including phenoxy) is 1. The Bertz CT molecular complexity index is 354. The fourth-order valence-electron chi connectivity index (χ4n) is 2.15. The minimum Gasteiger partial charge on any atom is -0.467 e. The minimum atomic E-state index is -0.723. The molecule has 1 unspecified atom stereocenters. The molecule has 0 aromatic heterocycles. The van der Waals surface area contributed by atoms with Gasteiger partial charge in [-0.3, -0.25) is 9.59 Å². The van der Waals surface area contributed by atoms with E-state index in [1.165, 1.54) is 14.0 Å². The summed E-state index contributed by atoms with van der Waals surface area (Å²) in [7, 11) is 1.27. The number of esters is 1. The molecule has 7 heteroatoms. The third kappa shape index (κ3) is 5.56. The molecule has 1 aliphatic rings. The Kier molecular flexibility index (Phi) is 7.00. The lowest BCUT2D eigenvalue weighted by atomic mass is 10.2. The molecule has 2 amide bonds. The van der Waals surface area contributed by atoms with Gasteiger partial charge in [-0.15, -0.1) is 0 Å². The Morgan fingerprint density at radius 3 is 2.45 bits per heavy atom. The second-order valence-corrected chi connectivity index (χ2v) is 4.82. The lowest BCUT2D eigenvalue weighted by Crippen LogP contribution is -2.47. The molecule has 7 nitrogen and oxygen atoms in total. The lowest BCUT2D eigenvalue weighted by Gasteiger charge is -2.17. The van der Waals surface area contributed by atoms with Crippen molar-refractivity contribution in [2.75, 3.05) is 33.3 Å². The van der Waals surface area contributed by atoms with Crippen molar-refractivity contribution in [1.82, 2.24) is 15.5 Å². The summed E-state index contributed by atoms with van der Waals surface area (Å²) < 4.78 is 4.60. The molecule has 0 saturated carbocycles. The van der Waals surface area contributed by atoms with Crippen molar-refractivity contribution in [2.24, 2.45) is 0 Å². The molecular weight excluding hydrogens is 262 g/mol. The first kappa shape index (κ1) is 16.4. The number of carbonyl (C=O) groups excluding carboxylic acids is 3. The maximum Gasteiger partial charge on any atom is 0.329 e. The Labute approximate surface area is 119 Å². The second kappa shape index (κ2) is 8.52. The van der Waals surface area contributed by atoms with Gasteiger partial charge in [0.2, 0.25) is 11.8 Å². The maximum atomic E-state index is 11.8. The maximum absolute atomic E-state index is 11.8. The van der Waals surface area contributed by atoms with Gasteiger partial charge in [0.25, 0.3) is 0 Å². The summed E-state index contributed by atoms with van der Waals surface area (Å²) in [5, 5.41) is 5.50. The number of methoxy groups -OCH3 is 1. The van der Waals surface area contributed by atoms with Gasteiger partial charge in [0.05, 0.1) is 7.11 Å². The molecule has 0 bridgehead atoms. The van der Waals surface area contributed by atoms with E-state index >= 15 is 0 Å². The van der Waals surface area contributed by atoms with Gasteiger partial charge in [-0.1, -0.05) is 0 Å². The predicted octanol–water partition coefficient (Wildman–Crippen LogP) is -0.734. The van der Waals surface area contributed by atoms with Crippen molar-refractivity contribution in [1.29, 1.82) is 0 Å². The van der Waals surface area contributed by atoms with Crippen LogP contribution in [0.2, 0.25) is 0 Å². The first-order valence-corrected chi connectivity index (χ1v) is 6.88. The summed E-state index contributed by atoms with van der Waals surface area (Å²) in [6, 6.07) is -0.723. The van der Waals surface area contributed by atoms with Crippen LogP contribution in [0.1, 0.15) is 26.2 Å². The van der Waals surface area contributed by atoms with Gasteiger partial charge < -0.3 is 20.3 Å². The molecule has 1 fully saturated rings. The molecule has 0 radical (unpaired) electrons. The van der Waals surface area contributed by atoms with E-state index in [0.29, 0.717) is 13.0 Å². The summed E-state index contributed by atoms with van der Waals surface area (Å²) in [4.78, 5) is 36.1. The van der Waals surface area contributed by atoms with E-state index in [-0.39, 0.29) is 18.4 Å². The molecule has 1 saturated heterocycles. The molecule has 0 aromatic carbocycles. The molecule has 0 spiro atoms. The largest absolute Gasteiger partial charge is 0.467 e. The molecule has 1 rings (SSSR count). The second-order valence-electron chi connectivity index (χ2n) is 4.82. The van der Waals surface area contributed by atoms with Crippen LogP contribution < -0.4 is 10.6 Å². The zero-order valence-corrected chi connectivity index (χ0v) is 12.1. The Balaban J connectivity index is 2.24. The van der Waals surface area contributed by atoms with Crippen molar-refractivity contribution in [2.45, 2.75) is 32.2 Å². The number of amides is 2. The average molecular weight is 285 g/mol. The molecule has 0 aromatic rings. The number of carbonyl (C=O) groups is 3. The van der Waals surface area contributed by atoms with E-state index in [9.17, 15) is 14.4 Å². The number of nitrogens with zero attached hydrogens (tertiary/aromatic N) is 1. The Morgan fingerprint density at radius 1 is 1.25 bits per heavy atom. The van der Waals surface area contributed by atoms with Crippen LogP contribution in [0.15, 0.2) is 0 Å². The third-order valence-electron chi connectivity index (χ3n) is 3.19. The first-order chi connectivity index (χ1) is 9.54. The summed E-state index contributed by atoms with van der Waals surface area (Å²) in [5.41, 5.74) is 0. The van der Waals surface area contributed by atoms with Crippen LogP contribution in [0, 0.1) is 0 Å². The van der Waals surface area contributed by atoms with Crippen LogP contribution in [0.4, 0.5) is 0 Å². The first-order valence-electron chi connectivity index (χ1n) is 6.88. The van der Waals surface area contributed by atoms with Gasteiger partial charge in [0, 0.05) is 39.5 Å². The van der Waals surface area contributed by atoms with Gasteiger partial charge in [-0.05, 0) is 12.8 Å². The van der Waals surface area contributed by atoms with Crippen molar-refractivity contribution >= 4 is 17.8 Å². The summed E-state index contributed by atoms with van der Waals surface area (Å²) >= 11 is 0. The number of nitrogens with one attached hydrogen (secondary N) is 2. The van der Waals surface area contributed by atoms with Crippen LogP contribution in [-0.4, -0.2) is 62.0 Å². The fourth-order valence-corrected chi connectivity index (χ4v) is 2.15. The minimum absolute atomic E-state index is 0.129. The van der Waals surface area contributed by atoms with Crippen molar-refractivity contribution < 1.29 is 19.1 Å². The lowest BCUT2D eigenvalue weighted by molar-refractivity contribution is -0.144. The number of rotatable bonds is 7. The standard InChI is InChI=1S/C13H23N3O4/c1-10(17)15-11(13(19)20-2)9-14-6-5-12(18)16-7-3-4-8-16/h11,14H,3-9H2,1-2H3,(H,15,17). The highest BCUT2D eigenvalue weighted by molar-refractivity contribution is 5.83. The zero-order chi connectivity index (χ0) is 15.0. The van der Waals surface area contributed by atoms with Gasteiger partial charge in [-0.2, -0.15) is 0 Å². The van der Waals surface area contributed by atoms with E-state index in [2.05, 4.69) is 15.4 Å². The highest BCUT2D eigenvalue weighted by Crippen LogP contribution is 2.08. The van der Waals surface area contributed by atoms with E-state index in [1.807, 2.05) is 4.90 Å². The van der Waals surface area contributed by atoms with Crippen molar-refractivity contribution in [3.05, 3.63) is 0 Å². The SMILES string of the molecule is COC(=O)C(CNCCC(=O)N1CCCC1)NC(C)=O. The monoisotopic (exact) mass is 285 g/mol. The summed E-state index contributed by atoms with van der Waals surface area (Å²) in [5.74, 6) is -0.668. The summed E-state index contributed by atoms with van der Waals surface area (Å²) in [6.45, 7) is 3.75. The normalized spacial score (nSPS) is 15.8. The third-order valence-corrected chi connectivity index (χ3v) is 3.19. The van der Waals surface area contributed by atoms with Crippen LogP contribution in [0.3, 0.4) is 0 Å². The molecule has 2 N–H and O–H groups in total. The van der Waals surface area contributed by atoms with E-state index < -0.39 is 12.0 Å². The number of hydrogen-bond donors (Lipinski definition) is 2. The Morgan fingerprint density at radius 2 is 1.90 bits per heavy atom. The molecule has 1 aliphatic heterocycles. The van der Waals surface area contributed by atoms with Crippen LogP contribution in [0.25, 0.3) is 0 Å². The molecule has 1 heterocycles. The van der Waals surface area contributed by atoms with E-state index in [1.54, 1.807) is 0 Å². The van der Waals surface area contributed by atoms with Crippen LogP contribution >= 0.6 is 0 Å². The van der Waals surface area contributed by atoms with Crippen LogP contribution in [-0.2, 0) is 19.1 Å². The van der Waals surface area contributed by atoms with E-state index in [0.717, 1.165) is 25.9 Å². The van der Waals surface area contributed by atoms with Crippen molar-refractivity contribution in [3.63, 3.8) is 0 Å². The highest BCUT2D eigenvalue weighted by Gasteiger charge is 2.20. The molecular formula is C13H23N3O4. The zero-order valence-electron chi connectivity index (χ0n) is 12.1.